The Morgan fingerprint density at radius 2 is 2.08 bits per heavy atom. The molecule has 2 aromatic heterocycles. The van der Waals surface area contributed by atoms with Gasteiger partial charge >= 0.3 is 0 Å². The normalized spacial score (nSPS) is 14.5. The third-order valence-electron chi connectivity index (χ3n) is 4.58. The predicted octanol–water partition coefficient (Wildman–Crippen LogP) is 1.77. The van der Waals surface area contributed by atoms with Gasteiger partial charge in [-0.15, -0.1) is 0 Å². The Hall–Kier alpha value is -2.93. The number of ether oxygens (including phenoxy) is 1. The van der Waals surface area contributed by atoms with E-state index in [4.69, 9.17) is 4.74 Å². The maximum Gasteiger partial charge on any atom is 0.270 e. The monoisotopic (exact) mass is 351 g/mol. The van der Waals surface area contributed by atoms with Gasteiger partial charge in [-0.2, -0.15) is 0 Å². The third kappa shape index (κ3) is 3.52. The number of rotatable bonds is 5. The van der Waals surface area contributed by atoms with Gasteiger partial charge in [-0.1, -0.05) is 18.2 Å². The van der Waals surface area contributed by atoms with E-state index in [0.29, 0.717) is 25.5 Å². The van der Waals surface area contributed by atoms with Crippen molar-refractivity contribution in [3.63, 3.8) is 0 Å². The molecule has 1 aromatic carbocycles. The van der Waals surface area contributed by atoms with Crippen LogP contribution < -0.4 is 10.2 Å². The van der Waals surface area contributed by atoms with Gasteiger partial charge in [0, 0.05) is 42.8 Å². The van der Waals surface area contributed by atoms with E-state index in [0.717, 1.165) is 30.8 Å². The van der Waals surface area contributed by atoms with E-state index in [1.165, 1.54) is 17.3 Å². The highest BCUT2D eigenvalue weighted by atomic mass is 16.5. The summed E-state index contributed by atoms with van der Waals surface area (Å²) in [5.41, 5.74) is 2.69. The van der Waals surface area contributed by atoms with E-state index in [1.807, 2.05) is 24.4 Å². The third-order valence-corrected chi connectivity index (χ3v) is 4.58. The Morgan fingerprint density at radius 3 is 2.96 bits per heavy atom. The molecule has 4 rings (SSSR count). The second kappa shape index (κ2) is 7.53. The van der Waals surface area contributed by atoms with Crippen molar-refractivity contribution in [2.75, 3.05) is 37.7 Å². The van der Waals surface area contributed by atoms with Crippen molar-refractivity contribution in [2.24, 2.45) is 0 Å². The zero-order valence-corrected chi connectivity index (χ0v) is 14.4. The molecule has 3 heterocycles. The van der Waals surface area contributed by atoms with E-state index in [9.17, 15) is 4.79 Å². The lowest BCUT2D eigenvalue weighted by Gasteiger charge is -2.27. The van der Waals surface area contributed by atoms with E-state index in [2.05, 4.69) is 31.2 Å². The number of amides is 1. The first-order valence-corrected chi connectivity index (χ1v) is 8.79. The van der Waals surface area contributed by atoms with Gasteiger partial charge in [0.15, 0.2) is 0 Å². The summed E-state index contributed by atoms with van der Waals surface area (Å²) < 4.78 is 5.35. The summed E-state index contributed by atoms with van der Waals surface area (Å²) in [5.74, 6) is 0.590. The minimum atomic E-state index is -0.179. The van der Waals surface area contributed by atoms with Crippen LogP contribution in [0.25, 0.3) is 10.9 Å². The highest BCUT2D eigenvalue weighted by molar-refractivity contribution is 5.93. The smallest absolute Gasteiger partial charge is 0.270 e. The van der Waals surface area contributed by atoms with Gasteiger partial charge in [0.25, 0.3) is 5.91 Å². The molecule has 1 amide bonds. The average Bonchev–Trinajstić information content (AvgIpc) is 3.12. The zero-order chi connectivity index (χ0) is 17.8. The number of nitrogens with one attached hydrogen (secondary N) is 2. The number of aromatic nitrogens is 3. The highest BCUT2D eigenvalue weighted by Gasteiger charge is 2.15. The lowest BCUT2D eigenvalue weighted by atomic mass is 10.1. The van der Waals surface area contributed by atoms with Crippen molar-refractivity contribution < 1.29 is 9.53 Å². The minimum Gasteiger partial charge on any atom is -0.378 e. The molecule has 26 heavy (non-hydrogen) atoms. The molecular weight excluding hydrogens is 330 g/mol. The van der Waals surface area contributed by atoms with Crippen LogP contribution >= 0.6 is 0 Å². The highest BCUT2D eigenvalue weighted by Crippen LogP contribution is 2.18. The fraction of sp³-hybridized carbons (Fsp3) is 0.316. The Bertz CT molecular complexity index is 902. The Balaban J connectivity index is 1.37. The van der Waals surface area contributed by atoms with Crippen LogP contribution in [0.3, 0.4) is 0 Å². The molecule has 3 aromatic rings. The molecule has 1 saturated heterocycles. The number of hydrogen-bond acceptors (Lipinski definition) is 5. The van der Waals surface area contributed by atoms with Gasteiger partial charge < -0.3 is 19.9 Å². The first-order chi connectivity index (χ1) is 12.8. The van der Waals surface area contributed by atoms with Crippen molar-refractivity contribution >= 4 is 22.6 Å². The van der Waals surface area contributed by atoms with Crippen molar-refractivity contribution in [3.8, 4) is 0 Å². The summed E-state index contributed by atoms with van der Waals surface area (Å²) in [5, 5.41) is 4.14. The number of nitrogens with zero attached hydrogens (tertiary/aromatic N) is 3. The number of para-hydroxylation sites is 1. The predicted molar refractivity (Wildman–Crippen MR) is 99.4 cm³/mol. The molecule has 0 saturated carbocycles. The number of anilines is 1. The summed E-state index contributed by atoms with van der Waals surface area (Å²) in [4.78, 5) is 26.2. The molecule has 7 nitrogen and oxygen atoms in total. The number of benzene rings is 1. The molecule has 0 radical (unpaired) electrons. The maximum atomic E-state index is 12.4. The molecule has 0 unspecified atom stereocenters. The Labute approximate surface area is 151 Å². The molecule has 0 aliphatic carbocycles. The standard InChI is InChI=1S/C19H21N5O2/c25-19(17-11-18(23-13-22-17)24-7-9-26-10-8-24)20-6-5-14-12-21-16-4-2-1-3-15(14)16/h1-4,11-13,21H,5-10H2,(H,20,25). The summed E-state index contributed by atoms with van der Waals surface area (Å²) in [7, 11) is 0. The summed E-state index contributed by atoms with van der Waals surface area (Å²) in [6.45, 7) is 3.46. The first kappa shape index (κ1) is 16.5. The number of carbonyl (C=O) groups excluding carboxylic acids is 1. The summed E-state index contributed by atoms with van der Waals surface area (Å²) in [6, 6.07) is 9.90. The number of H-pyrrole nitrogens is 1. The van der Waals surface area contributed by atoms with E-state index >= 15 is 0 Å². The van der Waals surface area contributed by atoms with Crippen LogP contribution in [0.4, 0.5) is 5.82 Å². The fourth-order valence-corrected chi connectivity index (χ4v) is 3.18. The average molecular weight is 351 g/mol. The number of fused-ring (bicyclic) bond motifs is 1. The number of aromatic amines is 1. The SMILES string of the molecule is O=C(NCCc1c[nH]c2ccccc12)c1cc(N2CCOCC2)ncn1. The number of carbonyl (C=O) groups is 1. The number of morpholine rings is 1. The number of hydrogen-bond donors (Lipinski definition) is 2. The van der Waals surface area contributed by atoms with E-state index in [1.54, 1.807) is 6.07 Å². The quantitative estimate of drug-likeness (QED) is 0.732. The maximum absolute atomic E-state index is 12.4. The summed E-state index contributed by atoms with van der Waals surface area (Å²) >= 11 is 0. The first-order valence-electron chi connectivity index (χ1n) is 8.79. The van der Waals surface area contributed by atoms with Crippen molar-refractivity contribution in [1.29, 1.82) is 0 Å². The molecule has 1 fully saturated rings. The van der Waals surface area contributed by atoms with Crippen LogP contribution in [0.2, 0.25) is 0 Å². The topological polar surface area (TPSA) is 83.1 Å². The zero-order valence-electron chi connectivity index (χ0n) is 14.4. The fourth-order valence-electron chi connectivity index (χ4n) is 3.18. The van der Waals surface area contributed by atoms with Crippen LogP contribution in [-0.2, 0) is 11.2 Å². The molecule has 134 valence electrons. The van der Waals surface area contributed by atoms with Gasteiger partial charge in [0.2, 0.25) is 0 Å². The van der Waals surface area contributed by atoms with Gasteiger partial charge in [-0.25, -0.2) is 9.97 Å². The molecule has 0 spiro atoms. The van der Waals surface area contributed by atoms with Crippen LogP contribution in [0, 0.1) is 0 Å². The van der Waals surface area contributed by atoms with Crippen molar-refractivity contribution in [3.05, 3.63) is 54.1 Å². The van der Waals surface area contributed by atoms with E-state index < -0.39 is 0 Å². The minimum absolute atomic E-state index is 0.179. The Kier molecular flexibility index (Phi) is 4.79. The van der Waals surface area contributed by atoms with Crippen LogP contribution in [0.5, 0.6) is 0 Å². The second-order valence-electron chi connectivity index (χ2n) is 6.23. The summed E-state index contributed by atoms with van der Waals surface area (Å²) in [6.07, 6.45) is 4.20. The van der Waals surface area contributed by atoms with Gasteiger partial charge in [0.05, 0.1) is 13.2 Å². The van der Waals surface area contributed by atoms with Crippen LogP contribution in [-0.4, -0.2) is 53.7 Å². The molecule has 2 N–H and O–H groups in total. The largest absolute Gasteiger partial charge is 0.378 e. The van der Waals surface area contributed by atoms with Crippen LogP contribution in [0.15, 0.2) is 42.9 Å². The van der Waals surface area contributed by atoms with Crippen molar-refractivity contribution in [2.45, 2.75) is 6.42 Å². The van der Waals surface area contributed by atoms with Gasteiger partial charge in [0.1, 0.15) is 17.8 Å². The lowest BCUT2D eigenvalue weighted by molar-refractivity contribution is 0.0949. The van der Waals surface area contributed by atoms with Crippen LogP contribution in [0.1, 0.15) is 16.1 Å². The second-order valence-corrected chi connectivity index (χ2v) is 6.23. The van der Waals surface area contributed by atoms with E-state index in [-0.39, 0.29) is 5.91 Å². The molecule has 0 bridgehead atoms. The Morgan fingerprint density at radius 1 is 1.23 bits per heavy atom. The molecule has 1 aliphatic heterocycles. The molecule has 0 atom stereocenters. The molecular formula is C19H21N5O2. The molecule has 1 aliphatic rings. The van der Waals surface area contributed by atoms with Gasteiger partial charge in [-0.05, 0) is 18.1 Å². The van der Waals surface area contributed by atoms with Gasteiger partial charge in [-0.3, -0.25) is 4.79 Å². The van der Waals surface area contributed by atoms with Crippen molar-refractivity contribution in [1.82, 2.24) is 20.3 Å². The molecule has 7 heteroatoms. The lowest BCUT2D eigenvalue weighted by Crippen LogP contribution is -2.37.